The predicted octanol–water partition coefficient (Wildman–Crippen LogP) is 6.28. The minimum atomic E-state index is -0.562. The highest BCUT2D eigenvalue weighted by Gasteiger charge is 2.35. The fourth-order valence-corrected chi connectivity index (χ4v) is 4.73. The minimum Gasteiger partial charge on any atom is -0.494 e. The van der Waals surface area contributed by atoms with Crippen LogP contribution in [0.4, 0.5) is 11.4 Å². The smallest absolute Gasteiger partial charge is 0.238 e. The maximum atomic E-state index is 12.9. The second-order valence-electron chi connectivity index (χ2n) is 7.75. The summed E-state index contributed by atoms with van der Waals surface area (Å²) in [5, 5.41) is 3.41. The molecule has 1 unspecified atom stereocenters. The normalized spacial score (nSPS) is 17.3. The molecular formula is C25H30ClN3O3S. The van der Waals surface area contributed by atoms with Crippen molar-refractivity contribution in [1.29, 1.82) is 0 Å². The van der Waals surface area contributed by atoms with E-state index in [0.29, 0.717) is 34.7 Å². The molecule has 1 heterocycles. The van der Waals surface area contributed by atoms with Crippen molar-refractivity contribution in [1.82, 2.24) is 4.90 Å². The van der Waals surface area contributed by atoms with Gasteiger partial charge in [0.15, 0.2) is 5.17 Å². The van der Waals surface area contributed by atoms with Gasteiger partial charge in [-0.2, -0.15) is 0 Å². The number of aliphatic imine (C=N–C) groups is 1. The van der Waals surface area contributed by atoms with Crippen LogP contribution in [0.3, 0.4) is 0 Å². The molecule has 0 bridgehead atoms. The van der Waals surface area contributed by atoms with Crippen molar-refractivity contribution in [2.45, 2.75) is 51.2 Å². The van der Waals surface area contributed by atoms with E-state index in [1.54, 1.807) is 23.1 Å². The lowest BCUT2D eigenvalue weighted by molar-refractivity contribution is -0.129. The van der Waals surface area contributed by atoms with Crippen LogP contribution in [-0.4, -0.2) is 40.3 Å². The number of nitrogens with one attached hydrogen (secondary N) is 1. The second kappa shape index (κ2) is 12.7. The zero-order chi connectivity index (χ0) is 23.6. The van der Waals surface area contributed by atoms with Crippen LogP contribution >= 0.6 is 23.4 Å². The maximum Gasteiger partial charge on any atom is 0.238 e. The van der Waals surface area contributed by atoms with Gasteiger partial charge in [-0.1, -0.05) is 55.6 Å². The molecule has 1 aliphatic rings. The topological polar surface area (TPSA) is 71.0 Å². The van der Waals surface area contributed by atoms with Gasteiger partial charge in [-0.25, -0.2) is 4.99 Å². The number of ether oxygens (including phenoxy) is 1. The van der Waals surface area contributed by atoms with Crippen LogP contribution < -0.4 is 10.1 Å². The van der Waals surface area contributed by atoms with Crippen molar-refractivity contribution < 1.29 is 14.3 Å². The summed E-state index contributed by atoms with van der Waals surface area (Å²) in [4.78, 5) is 31.8. The van der Waals surface area contributed by atoms with Crippen molar-refractivity contribution in [3.05, 3.63) is 53.6 Å². The molecular weight excluding hydrogens is 458 g/mol. The van der Waals surface area contributed by atoms with Crippen molar-refractivity contribution in [2.24, 2.45) is 4.99 Å². The number of hydrogen-bond donors (Lipinski definition) is 1. The largest absolute Gasteiger partial charge is 0.494 e. The van der Waals surface area contributed by atoms with Gasteiger partial charge in [0.25, 0.3) is 0 Å². The van der Waals surface area contributed by atoms with E-state index >= 15 is 0 Å². The van der Waals surface area contributed by atoms with Gasteiger partial charge < -0.3 is 10.1 Å². The number of benzene rings is 2. The average molecular weight is 488 g/mol. The number of nitrogens with zero attached hydrogens (tertiary/aromatic N) is 2. The molecule has 1 fully saturated rings. The number of thioether (sulfide) groups is 1. The first-order chi connectivity index (χ1) is 16.0. The van der Waals surface area contributed by atoms with Crippen LogP contribution in [0.5, 0.6) is 5.75 Å². The van der Waals surface area contributed by atoms with Gasteiger partial charge in [-0.3, -0.25) is 14.5 Å². The molecule has 0 radical (unpaired) electrons. The Kier molecular flexibility index (Phi) is 9.63. The molecule has 3 rings (SSSR count). The molecule has 2 aromatic carbocycles. The third-order valence-electron chi connectivity index (χ3n) is 5.17. The van der Waals surface area contributed by atoms with E-state index in [0.717, 1.165) is 12.2 Å². The summed E-state index contributed by atoms with van der Waals surface area (Å²) in [5.41, 5.74) is 1.31. The van der Waals surface area contributed by atoms with Crippen LogP contribution in [0.1, 0.15) is 46.0 Å². The average Bonchev–Trinajstić information content (AvgIpc) is 2.80. The molecule has 0 aliphatic carbocycles. The van der Waals surface area contributed by atoms with Gasteiger partial charge in [0.2, 0.25) is 11.8 Å². The van der Waals surface area contributed by atoms with E-state index < -0.39 is 5.25 Å². The van der Waals surface area contributed by atoms with E-state index in [1.807, 2.05) is 37.3 Å². The number of amidine groups is 1. The molecule has 6 nitrogen and oxygen atoms in total. The fraction of sp³-hybridized carbons (Fsp3) is 0.400. The van der Waals surface area contributed by atoms with Gasteiger partial charge in [-0.05, 0) is 55.8 Å². The SMILES string of the molecule is CCCCCCOc1ccc(NC(=O)C2CC(=O)N(CC)C(=Nc3cccc(Cl)c3)S2)cc1. The number of carbonyl (C=O) groups excluding carboxylic acids is 2. The Labute approximate surface area is 204 Å². The summed E-state index contributed by atoms with van der Waals surface area (Å²) in [5.74, 6) is 0.432. The van der Waals surface area contributed by atoms with Gasteiger partial charge >= 0.3 is 0 Å². The second-order valence-corrected chi connectivity index (χ2v) is 9.35. The molecule has 2 aromatic rings. The monoisotopic (exact) mass is 487 g/mol. The van der Waals surface area contributed by atoms with Crippen LogP contribution in [0.2, 0.25) is 5.02 Å². The summed E-state index contributed by atoms with van der Waals surface area (Å²) in [6.07, 6.45) is 4.74. The maximum absolute atomic E-state index is 12.9. The Morgan fingerprint density at radius 2 is 1.97 bits per heavy atom. The summed E-state index contributed by atoms with van der Waals surface area (Å²) in [6, 6.07) is 14.4. The van der Waals surface area contributed by atoms with E-state index in [1.165, 1.54) is 31.0 Å². The molecule has 1 aliphatic heterocycles. The van der Waals surface area contributed by atoms with E-state index in [4.69, 9.17) is 16.3 Å². The van der Waals surface area contributed by atoms with Gasteiger partial charge in [0.05, 0.1) is 12.3 Å². The van der Waals surface area contributed by atoms with Crippen LogP contribution in [0.25, 0.3) is 0 Å². The lowest BCUT2D eigenvalue weighted by Gasteiger charge is -2.30. The summed E-state index contributed by atoms with van der Waals surface area (Å²) >= 11 is 7.35. The molecule has 0 spiro atoms. The third kappa shape index (κ3) is 7.51. The molecule has 2 amide bonds. The lowest BCUT2D eigenvalue weighted by atomic mass is 10.2. The molecule has 0 aromatic heterocycles. The number of carbonyl (C=O) groups is 2. The first kappa shape index (κ1) is 25.1. The summed E-state index contributed by atoms with van der Waals surface area (Å²) < 4.78 is 5.75. The number of unbranched alkanes of at least 4 members (excludes halogenated alkanes) is 3. The summed E-state index contributed by atoms with van der Waals surface area (Å²) in [6.45, 7) is 5.25. The number of halogens is 1. The first-order valence-corrected chi connectivity index (χ1v) is 12.6. The van der Waals surface area contributed by atoms with Gasteiger partial charge in [0, 0.05) is 23.7 Å². The summed E-state index contributed by atoms with van der Waals surface area (Å²) in [7, 11) is 0. The number of amides is 2. The van der Waals surface area contributed by atoms with Gasteiger partial charge in [0.1, 0.15) is 11.0 Å². The molecule has 1 N–H and O–H groups in total. The molecule has 1 atom stereocenters. The standard InChI is InChI=1S/C25H30ClN3O3S/c1-3-5-6-7-15-32-21-13-11-19(12-14-21)27-24(31)22-17-23(30)29(4-2)25(33-22)28-20-10-8-9-18(26)16-20/h8-14,16,22H,3-7,15,17H2,1-2H3,(H,27,31). The van der Waals surface area contributed by atoms with Crippen LogP contribution in [0.15, 0.2) is 53.5 Å². The molecule has 8 heteroatoms. The van der Waals surface area contributed by atoms with Gasteiger partial charge in [-0.15, -0.1) is 0 Å². The zero-order valence-corrected chi connectivity index (χ0v) is 20.6. The lowest BCUT2D eigenvalue weighted by Crippen LogP contribution is -2.45. The highest BCUT2D eigenvalue weighted by molar-refractivity contribution is 8.15. The Morgan fingerprint density at radius 1 is 1.18 bits per heavy atom. The predicted molar refractivity (Wildman–Crippen MR) is 137 cm³/mol. The molecule has 33 heavy (non-hydrogen) atoms. The Balaban J connectivity index is 1.61. The Bertz CT molecular complexity index is 981. The third-order valence-corrected chi connectivity index (χ3v) is 6.59. The fourth-order valence-electron chi connectivity index (χ4n) is 3.38. The van der Waals surface area contributed by atoms with Crippen molar-refractivity contribution >= 4 is 51.7 Å². The van der Waals surface area contributed by atoms with E-state index in [2.05, 4.69) is 17.2 Å². The van der Waals surface area contributed by atoms with E-state index in [-0.39, 0.29) is 18.2 Å². The van der Waals surface area contributed by atoms with Crippen LogP contribution in [-0.2, 0) is 9.59 Å². The zero-order valence-electron chi connectivity index (χ0n) is 19.1. The molecule has 1 saturated heterocycles. The van der Waals surface area contributed by atoms with Crippen molar-refractivity contribution in [3.8, 4) is 5.75 Å². The quantitative estimate of drug-likeness (QED) is 0.400. The molecule has 176 valence electrons. The van der Waals surface area contributed by atoms with Crippen molar-refractivity contribution in [2.75, 3.05) is 18.5 Å². The Morgan fingerprint density at radius 3 is 2.67 bits per heavy atom. The molecule has 0 saturated carbocycles. The van der Waals surface area contributed by atoms with E-state index in [9.17, 15) is 9.59 Å². The number of hydrogen-bond acceptors (Lipinski definition) is 5. The Hall–Kier alpha value is -2.51. The minimum absolute atomic E-state index is 0.121. The first-order valence-electron chi connectivity index (χ1n) is 11.3. The van der Waals surface area contributed by atoms with Crippen LogP contribution in [0, 0.1) is 0 Å². The number of anilines is 1. The highest BCUT2D eigenvalue weighted by Crippen LogP contribution is 2.30. The van der Waals surface area contributed by atoms with Crippen molar-refractivity contribution in [3.63, 3.8) is 0 Å². The highest BCUT2D eigenvalue weighted by atomic mass is 35.5. The number of rotatable bonds is 10.